The van der Waals surface area contributed by atoms with Gasteiger partial charge in [-0.25, -0.2) is 17.9 Å². The summed E-state index contributed by atoms with van der Waals surface area (Å²) in [5, 5.41) is 15.7. The zero-order valence-corrected chi connectivity index (χ0v) is 23.1. The molecule has 0 spiro atoms. The maximum absolute atomic E-state index is 13.0. The van der Waals surface area contributed by atoms with Crippen molar-refractivity contribution in [2.75, 3.05) is 16.9 Å². The molecular formula is C28H29N7O3S. The Morgan fingerprint density at radius 3 is 2.26 bits per heavy atom. The first-order valence-corrected chi connectivity index (χ1v) is 14.1. The molecule has 0 bridgehead atoms. The Hall–Kier alpha value is -4.51. The number of pyridine rings is 1. The van der Waals surface area contributed by atoms with Crippen molar-refractivity contribution >= 4 is 38.3 Å². The molecule has 2 N–H and O–H groups in total. The smallest absolute Gasteiger partial charge is 0.308 e. The van der Waals surface area contributed by atoms with Crippen molar-refractivity contribution in [2.45, 2.75) is 31.1 Å². The second-order valence-electron chi connectivity index (χ2n) is 10.4. The largest absolute Gasteiger partial charge is 0.324 e. The van der Waals surface area contributed by atoms with Crippen molar-refractivity contribution in [3.63, 3.8) is 0 Å². The Kier molecular flexibility index (Phi) is 6.47. The number of nitrogens with one attached hydrogen (secondary N) is 2. The average Bonchev–Trinajstić information content (AvgIpc) is 3.48. The second kappa shape index (κ2) is 9.66. The van der Waals surface area contributed by atoms with Crippen molar-refractivity contribution in [1.29, 1.82) is 0 Å². The van der Waals surface area contributed by atoms with Gasteiger partial charge in [0.2, 0.25) is 0 Å². The molecular weight excluding hydrogens is 514 g/mol. The number of nitrogens with zero attached hydrogens (tertiary/aromatic N) is 5. The highest BCUT2D eigenvalue weighted by molar-refractivity contribution is 7.90. The maximum Gasteiger partial charge on any atom is 0.324 e. The summed E-state index contributed by atoms with van der Waals surface area (Å²) < 4.78 is 27.1. The minimum Gasteiger partial charge on any atom is -0.308 e. The van der Waals surface area contributed by atoms with E-state index in [1.165, 1.54) is 12.1 Å². The van der Waals surface area contributed by atoms with E-state index < -0.39 is 15.9 Å². The molecule has 2 amide bonds. The second-order valence-corrected chi connectivity index (χ2v) is 12.4. The number of fused-ring (bicyclic) bond motifs is 1. The van der Waals surface area contributed by atoms with Crippen molar-refractivity contribution in [3.05, 3.63) is 78.9 Å². The lowest BCUT2D eigenvalue weighted by molar-refractivity contribution is 0.262. The topological polar surface area (TPSA) is 124 Å². The third-order valence-corrected chi connectivity index (χ3v) is 7.49. The third-order valence-electron chi connectivity index (χ3n) is 6.36. The van der Waals surface area contributed by atoms with Crippen LogP contribution in [0.25, 0.3) is 27.7 Å². The number of hydrogen-bond acceptors (Lipinski definition) is 6. The zero-order valence-electron chi connectivity index (χ0n) is 22.3. The van der Waals surface area contributed by atoms with E-state index in [0.29, 0.717) is 17.2 Å². The molecule has 0 saturated heterocycles. The van der Waals surface area contributed by atoms with E-state index in [4.69, 9.17) is 0 Å². The van der Waals surface area contributed by atoms with Crippen LogP contribution < -0.4 is 10.6 Å². The van der Waals surface area contributed by atoms with Gasteiger partial charge in [-0.1, -0.05) is 32.9 Å². The van der Waals surface area contributed by atoms with Gasteiger partial charge >= 0.3 is 6.03 Å². The Morgan fingerprint density at radius 1 is 0.923 bits per heavy atom. The molecule has 3 heterocycles. The summed E-state index contributed by atoms with van der Waals surface area (Å²) in [7, 11) is -1.46. The quantitative estimate of drug-likeness (QED) is 0.315. The van der Waals surface area contributed by atoms with Crippen molar-refractivity contribution in [3.8, 4) is 16.8 Å². The third kappa shape index (κ3) is 5.39. The summed E-state index contributed by atoms with van der Waals surface area (Å²) in [6.07, 6.45) is 6.56. The normalized spacial score (nSPS) is 12.0. The number of carbonyl (C=O) groups is 1. The van der Waals surface area contributed by atoms with Gasteiger partial charge in [0.05, 0.1) is 34.2 Å². The van der Waals surface area contributed by atoms with Crippen LogP contribution in [0, 0.1) is 0 Å². The standard InChI is InChI=1S/C28H29N7O3S/c1-28(2,3)25-14-26(35(33-25)20-10-12-21(13-11-20)39(5,37)38)32-27(36)31-19-8-6-18(7-9-19)22-15-29-17-24-23(22)16-30-34(24)4/h6-17H,1-5H3,(H2,31,32,36). The van der Waals surface area contributed by atoms with Gasteiger partial charge in [-0.2, -0.15) is 10.2 Å². The van der Waals surface area contributed by atoms with E-state index in [9.17, 15) is 13.2 Å². The first-order valence-electron chi connectivity index (χ1n) is 12.3. The van der Waals surface area contributed by atoms with E-state index in [1.54, 1.807) is 33.9 Å². The fourth-order valence-corrected chi connectivity index (χ4v) is 4.80. The molecule has 0 atom stereocenters. The molecule has 39 heavy (non-hydrogen) atoms. The molecule has 11 heteroatoms. The van der Waals surface area contributed by atoms with Gasteiger partial charge in [0, 0.05) is 47.6 Å². The Balaban J connectivity index is 1.37. The average molecular weight is 544 g/mol. The van der Waals surface area contributed by atoms with Crippen molar-refractivity contribution in [1.82, 2.24) is 24.5 Å². The van der Waals surface area contributed by atoms with Gasteiger partial charge in [0.25, 0.3) is 0 Å². The lowest BCUT2D eigenvalue weighted by Gasteiger charge is -2.14. The molecule has 0 unspecified atom stereocenters. The Morgan fingerprint density at radius 2 is 1.62 bits per heavy atom. The molecule has 10 nitrogen and oxygen atoms in total. The molecule has 3 aromatic heterocycles. The van der Waals surface area contributed by atoms with E-state index in [1.807, 2.05) is 64.3 Å². The van der Waals surface area contributed by atoms with E-state index in [0.717, 1.165) is 34.0 Å². The predicted molar refractivity (Wildman–Crippen MR) is 152 cm³/mol. The number of amides is 2. The first kappa shape index (κ1) is 26.1. The number of carbonyl (C=O) groups excluding carboxylic acids is 1. The molecule has 200 valence electrons. The van der Waals surface area contributed by atoms with Crippen LogP contribution in [-0.2, 0) is 22.3 Å². The fourth-order valence-electron chi connectivity index (χ4n) is 4.17. The molecule has 0 aliphatic heterocycles. The lowest BCUT2D eigenvalue weighted by Crippen LogP contribution is -2.21. The van der Waals surface area contributed by atoms with Crippen LogP contribution in [0.5, 0.6) is 0 Å². The van der Waals surface area contributed by atoms with E-state index >= 15 is 0 Å². The Labute approximate surface area is 226 Å². The number of anilines is 2. The van der Waals surface area contributed by atoms with Gasteiger partial charge in [-0.05, 0) is 42.0 Å². The highest BCUT2D eigenvalue weighted by Crippen LogP contribution is 2.29. The summed E-state index contributed by atoms with van der Waals surface area (Å²) in [5.74, 6) is 0.454. The van der Waals surface area contributed by atoms with Gasteiger partial charge in [0.1, 0.15) is 5.82 Å². The van der Waals surface area contributed by atoms with Crippen LogP contribution in [0.4, 0.5) is 16.3 Å². The molecule has 0 aliphatic rings. The molecule has 2 aromatic carbocycles. The highest BCUT2D eigenvalue weighted by atomic mass is 32.2. The predicted octanol–water partition coefficient (Wildman–Crippen LogP) is 5.17. The monoisotopic (exact) mass is 543 g/mol. The van der Waals surface area contributed by atoms with Crippen LogP contribution in [0.2, 0.25) is 0 Å². The summed E-state index contributed by atoms with van der Waals surface area (Å²) in [6, 6.07) is 15.2. The summed E-state index contributed by atoms with van der Waals surface area (Å²) >= 11 is 0. The zero-order chi connectivity index (χ0) is 27.9. The van der Waals surface area contributed by atoms with Crippen LogP contribution in [-0.4, -0.2) is 45.2 Å². The maximum atomic E-state index is 13.0. The summed E-state index contributed by atoms with van der Waals surface area (Å²) in [6.45, 7) is 6.08. The van der Waals surface area contributed by atoms with Crippen LogP contribution in [0.1, 0.15) is 26.5 Å². The fraction of sp³-hybridized carbons (Fsp3) is 0.214. The highest BCUT2D eigenvalue weighted by Gasteiger charge is 2.22. The number of benzene rings is 2. The number of urea groups is 1. The van der Waals surface area contributed by atoms with E-state index in [2.05, 4.69) is 25.8 Å². The van der Waals surface area contributed by atoms with E-state index in [-0.39, 0.29) is 10.3 Å². The molecule has 0 aliphatic carbocycles. The van der Waals surface area contributed by atoms with Crippen molar-refractivity contribution < 1.29 is 13.2 Å². The minimum absolute atomic E-state index is 0.209. The molecule has 5 aromatic rings. The minimum atomic E-state index is -3.33. The SMILES string of the molecule is Cn1ncc2c(-c3ccc(NC(=O)Nc4cc(C(C)(C)C)nn4-c4ccc(S(C)(=O)=O)cc4)cc3)cncc21. The number of hydrogen-bond donors (Lipinski definition) is 2. The van der Waals surface area contributed by atoms with Gasteiger partial charge in [0.15, 0.2) is 9.84 Å². The number of sulfone groups is 1. The molecule has 0 radical (unpaired) electrons. The lowest BCUT2D eigenvalue weighted by atomic mass is 9.92. The Bertz CT molecular complexity index is 1780. The molecule has 0 fully saturated rings. The van der Waals surface area contributed by atoms with Gasteiger partial charge < -0.3 is 5.32 Å². The van der Waals surface area contributed by atoms with Crippen LogP contribution in [0.15, 0.2) is 78.1 Å². The summed E-state index contributed by atoms with van der Waals surface area (Å²) in [5.41, 5.74) is 4.58. The number of rotatable bonds is 5. The molecule has 5 rings (SSSR count). The molecule has 0 saturated carbocycles. The number of aryl methyl sites for hydroxylation is 1. The van der Waals surface area contributed by atoms with Crippen LogP contribution in [0.3, 0.4) is 0 Å². The van der Waals surface area contributed by atoms with Crippen molar-refractivity contribution in [2.24, 2.45) is 7.05 Å². The number of aromatic nitrogens is 5. The van der Waals surface area contributed by atoms with Gasteiger partial charge in [-0.3, -0.25) is 15.0 Å². The first-order chi connectivity index (χ1) is 18.4. The summed E-state index contributed by atoms with van der Waals surface area (Å²) in [4.78, 5) is 17.5. The van der Waals surface area contributed by atoms with Crippen LogP contribution >= 0.6 is 0 Å². The van der Waals surface area contributed by atoms with Gasteiger partial charge in [-0.15, -0.1) is 0 Å².